The zero-order chi connectivity index (χ0) is 38.4. The molecule has 0 radical (unpaired) electrons. The van der Waals surface area contributed by atoms with Crippen LogP contribution in [-0.4, -0.2) is 39.9 Å². The number of Topliss-reactive ketones (excluding diaryl/α,β-unsaturated/α-hetero) is 2. The van der Waals surface area contributed by atoms with E-state index in [9.17, 15) is 14.4 Å². The highest BCUT2D eigenvalue weighted by Crippen LogP contribution is 2.37. The van der Waals surface area contributed by atoms with Gasteiger partial charge in [-0.25, -0.2) is 0 Å². The molecular weight excluding hydrogens is 725 g/mol. The van der Waals surface area contributed by atoms with E-state index >= 15 is 0 Å². The number of carbonyl (C=O) groups is 3. The number of thioether (sulfide) groups is 3. The van der Waals surface area contributed by atoms with Crippen LogP contribution in [0.4, 0.5) is 0 Å². The highest BCUT2D eigenvalue weighted by atomic mass is 32.2. The summed E-state index contributed by atoms with van der Waals surface area (Å²) in [6.45, 7) is 3.28. The lowest BCUT2D eigenvalue weighted by Gasteiger charge is -2.16. The predicted octanol–water partition coefficient (Wildman–Crippen LogP) is 11.8. The molecule has 0 saturated heterocycles. The smallest absolute Gasteiger partial charge is 0.313 e. The average Bonchev–Trinajstić information content (AvgIpc) is 3.21. The van der Waals surface area contributed by atoms with Gasteiger partial charge in [0.05, 0.1) is 33.0 Å². The first kappa shape index (κ1) is 41.9. The molecule has 0 unspecified atom stereocenters. The van der Waals surface area contributed by atoms with Crippen LogP contribution in [0.15, 0.2) is 182 Å². The molecule has 0 bridgehead atoms. The van der Waals surface area contributed by atoms with Crippen LogP contribution < -0.4 is 0 Å². The van der Waals surface area contributed by atoms with Crippen molar-refractivity contribution in [2.24, 2.45) is 0 Å². The number of rotatable bonds is 15. The Balaban J connectivity index is 0.000000180. The van der Waals surface area contributed by atoms with Crippen LogP contribution in [0, 0.1) is 0 Å². The molecule has 4 nitrogen and oxygen atoms in total. The first-order valence-corrected chi connectivity index (χ1v) is 20.8. The summed E-state index contributed by atoms with van der Waals surface area (Å²) in [4.78, 5) is 33.1. The van der Waals surface area contributed by atoms with E-state index in [-0.39, 0.29) is 33.1 Å². The normalized spacial score (nSPS) is 10.5. The number of carbonyl (C=O) groups excluding carboxylic acids is 2. The highest BCUT2D eigenvalue weighted by Gasteiger charge is 2.17. The third-order valence-corrected chi connectivity index (χ3v) is 12.1. The lowest BCUT2D eigenvalue weighted by Crippen LogP contribution is -2.03. The van der Waals surface area contributed by atoms with Gasteiger partial charge < -0.3 is 5.11 Å². The van der Waals surface area contributed by atoms with Crippen LogP contribution in [-0.2, 0) is 14.4 Å². The number of carboxylic acids is 1. The lowest BCUT2D eigenvalue weighted by atomic mass is 10.0. The Morgan fingerprint density at radius 3 is 0.722 bits per heavy atom. The Bertz CT molecular complexity index is 1590. The van der Waals surface area contributed by atoms with Crippen LogP contribution in [0.25, 0.3) is 0 Å². The van der Waals surface area contributed by atoms with Gasteiger partial charge in [-0.1, -0.05) is 182 Å². The van der Waals surface area contributed by atoms with Gasteiger partial charge in [-0.05, 0) is 47.2 Å². The quantitative estimate of drug-likeness (QED) is 0.111. The van der Waals surface area contributed by atoms with Gasteiger partial charge in [-0.15, -0.1) is 35.3 Å². The van der Waals surface area contributed by atoms with Crippen molar-refractivity contribution in [3.63, 3.8) is 0 Å². The van der Waals surface area contributed by atoms with Gasteiger partial charge in [0, 0.05) is 0 Å². The zero-order valence-corrected chi connectivity index (χ0v) is 33.0. The fourth-order valence-corrected chi connectivity index (χ4v) is 8.69. The van der Waals surface area contributed by atoms with Crippen LogP contribution in [0.2, 0.25) is 0 Å². The largest absolute Gasteiger partial charge is 0.481 e. The van der Waals surface area contributed by atoms with Crippen molar-refractivity contribution in [2.75, 3.05) is 17.3 Å². The minimum absolute atomic E-state index is 0.0727. The average molecular weight is 771 g/mol. The van der Waals surface area contributed by atoms with Gasteiger partial charge in [-0.2, -0.15) is 0 Å². The molecule has 6 aromatic rings. The standard InChI is InChI=1S/2C16H16OS.C15H14O2S/c2*1-13(17)12-18-16(14-8-4-2-5-9-14)15-10-6-3-7-11-15;16-14(17)11-18-15(12-7-3-1-4-8-12)13-9-5-2-6-10-13/h2*2-11,16H,12H2,1H3;1-10,15H,11H2,(H,16,17). The van der Waals surface area contributed by atoms with E-state index in [1.807, 2.05) is 133 Å². The van der Waals surface area contributed by atoms with Crippen LogP contribution in [0.1, 0.15) is 63.0 Å². The molecule has 0 spiro atoms. The zero-order valence-electron chi connectivity index (χ0n) is 30.6. The molecule has 0 aliphatic carbocycles. The molecular formula is C47H46O4S3. The van der Waals surface area contributed by atoms with Crippen LogP contribution in [0.5, 0.6) is 0 Å². The van der Waals surface area contributed by atoms with Crippen molar-refractivity contribution >= 4 is 52.8 Å². The summed E-state index contributed by atoms with van der Waals surface area (Å²) in [7, 11) is 0. The second-order valence-electron chi connectivity index (χ2n) is 12.3. The van der Waals surface area contributed by atoms with Crippen molar-refractivity contribution in [3.8, 4) is 0 Å². The molecule has 6 rings (SSSR count). The van der Waals surface area contributed by atoms with E-state index in [0.29, 0.717) is 11.5 Å². The van der Waals surface area contributed by atoms with Crippen molar-refractivity contribution < 1.29 is 19.5 Å². The van der Waals surface area contributed by atoms with E-state index < -0.39 is 5.97 Å². The topological polar surface area (TPSA) is 71.4 Å². The van der Waals surface area contributed by atoms with Crippen LogP contribution in [0.3, 0.4) is 0 Å². The molecule has 1 N–H and O–H groups in total. The minimum atomic E-state index is -0.781. The summed E-state index contributed by atoms with van der Waals surface area (Å²) in [5.41, 5.74) is 7.25. The summed E-state index contributed by atoms with van der Waals surface area (Å²) in [5, 5.41) is 9.37. The van der Waals surface area contributed by atoms with Gasteiger partial charge in [0.2, 0.25) is 0 Å². The lowest BCUT2D eigenvalue weighted by molar-refractivity contribution is -0.134. The Hall–Kier alpha value is -4.82. The van der Waals surface area contributed by atoms with E-state index in [0.717, 1.165) is 11.1 Å². The van der Waals surface area contributed by atoms with E-state index in [1.165, 1.54) is 34.0 Å². The van der Waals surface area contributed by atoms with E-state index in [1.54, 1.807) is 37.4 Å². The third-order valence-electron chi connectivity index (χ3n) is 7.89. The Labute approximate surface area is 332 Å². The molecule has 7 heteroatoms. The summed E-state index contributed by atoms with van der Waals surface area (Å²) >= 11 is 4.81. The monoisotopic (exact) mass is 770 g/mol. The highest BCUT2D eigenvalue weighted by molar-refractivity contribution is 8.00. The number of hydrogen-bond acceptors (Lipinski definition) is 6. The fourth-order valence-electron chi connectivity index (χ4n) is 5.48. The molecule has 54 heavy (non-hydrogen) atoms. The first-order valence-electron chi connectivity index (χ1n) is 17.7. The summed E-state index contributed by atoms with van der Waals surface area (Å²) in [5.74, 6) is 0.864. The maximum Gasteiger partial charge on any atom is 0.313 e. The molecule has 0 atom stereocenters. The Morgan fingerprint density at radius 1 is 0.370 bits per heavy atom. The SMILES string of the molecule is CC(=O)CSC(c1ccccc1)c1ccccc1.CC(=O)CSC(c1ccccc1)c1ccccc1.O=C(O)CSC(c1ccccc1)c1ccccc1. The molecule has 0 fully saturated rings. The number of benzene rings is 6. The Kier molecular flexibility index (Phi) is 18.5. The van der Waals surface area contributed by atoms with Gasteiger partial charge in [0.25, 0.3) is 0 Å². The van der Waals surface area contributed by atoms with E-state index in [4.69, 9.17) is 5.11 Å². The number of ketones is 2. The molecule has 0 aliphatic heterocycles. The van der Waals surface area contributed by atoms with Crippen molar-refractivity contribution in [1.29, 1.82) is 0 Å². The molecule has 6 aromatic carbocycles. The second-order valence-corrected chi connectivity index (χ2v) is 15.6. The molecule has 0 aromatic heterocycles. The molecule has 0 amide bonds. The van der Waals surface area contributed by atoms with Crippen molar-refractivity contribution in [2.45, 2.75) is 29.6 Å². The summed E-state index contributed by atoms with van der Waals surface area (Å²) in [6, 6.07) is 61.3. The molecule has 0 saturated carbocycles. The summed E-state index contributed by atoms with van der Waals surface area (Å²) in [6.07, 6.45) is 0. The maximum absolute atomic E-state index is 11.2. The number of carboxylic acid groups (broad SMARTS) is 1. The molecule has 0 aliphatic rings. The molecule has 276 valence electrons. The van der Waals surface area contributed by atoms with Crippen LogP contribution >= 0.6 is 35.3 Å². The van der Waals surface area contributed by atoms with E-state index in [2.05, 4.69) is 48.5 Å². The summed E-state index contributed by atoms with van der Waals surface area (Å²) < 4.78 is 0. The first-order chi connectivity index (χ1) is 26.3. The maximum atomic E-state index is 11.2. The number of aliphatic carboxylic acids is 1. The van der Waals surface area contributed by atoms with Gasteiger partial charge in [-0.3, -0.25) is 14.4 Å². The van der Waals surface area contributed by atoms with Gasteiger partial charge >= 0.3 is 5.97 Å². The molecule has 0 heterocycles. The van der Waals surface area contributed by atoms with Gasteiger partial charge in [0.1, 0.15) is 11.6 Å². The predicted molar refractivity (Wildman–Crippen MR) is 231 cm³/mol. The van der Waals surface area contributed by atoms with Crippen molar-refractivity contribution in [1.82, 2.24) is 0 Å². The van der Waals surface area contributed by atoms with Crippen molar-refractivity contribution in [3.05, 3.63) is 215 Å². The Morgan fingerprint density at radius 2 is 0.556 bits per heavy atom. The number of hydrogen-bond donors (Lipinski definition) is 1. The third kappa shape index (κ3) is 14.9. The fraction of sp³-hybridized carbons (Fsp3) is 0.170. The van der Waals surface area contributed by atoms with Gasteiger partial charge in [0.15, 0.2) is 0 Å². The second kappa shape index (κ2) is 23.8. The minimum Gasteiger partial charge on any atom is -0.481 e.